The van der Waals surface area contributed by atoms with Crippen LogP contribution in [0.3, 0.4) is 0 Å². The number of amides is 3. The third-order valence-electron chi connectivity index (χ3n) is 11.6. The summed E-state index contributed by atoms with van der Waals surface area (Å²) in [6.45, 7) is 7.82. The van der Waals surface area contributed by atoms with Crippen LogP contribution in [0.2, 0.25) is 0 Å². The minimum atomic E-state index is -1.39. The molecule has 23 heteroatoms. The fraction of sp³-hybridized carbons (Fsp3) is 0.932. The minimum absolute atomic E-state index is 0.181. The van der Waals surface area contributed by atoms with E-state index >= 15 is 0 Å². The smallest absolute Gasteiger partial charge is 0.217 e. The third-order valence-corrected chi connectivity index (χ3v) is 11.6. The molecule has 0 aromatic heterocycles. The summed E-state index contributed by atoms with van der Waals surface area (Å²) in [7, 11) is 0. The lowest BCUT2D eigenvalue weighted by atomic mass is 9.94. The predicted octanol–water partition coefficient (Wildman–Crippen LogP) is -2.54. The van der Waals surface area contributed by atoms with E-state index in [-0.39, 0.29) is 32.1 Å². The number of hydrogen-bond donors (Lipinski definition) is 11. The number of nitrogens with one attached hydrogen (secondary N) is 3. The lowest BCUT2D eigenvalue weighted by molar-refractivity contribution is -0.270. The van der Waals surface area contributed by atoms with E-state index in [1.54, 1.807) is 0 Å². The molecule has 3 aliphatic rings. The van der Waals surface area contributed by atoms with Gasteiger partial charge in [-0.15, -0.1) is 0 Å². The molecule has 0 aromatic rings. The molecule has 0 bridgehead atoms. The molecule has 3 heterocycles. The second-order valence-corrected chi connectivity index (χ2v) is 18.0. The SMILES string of the molecule is CC(=O)NC1C(O)[C@@H](O)C(CO)O[C@H]1OCCCCCOCC(C)(COCCCCCO[C@@H]1OC(CO)CC(O)[C@@H]1NC(C)=O)COCCCCCO[C@@H]1OC(CO)[C@H](O)C(O)[C@@H]1NC(C)=O. The van der Waals surface area contributed by atoms with Crippen molar-refractivity contribution >= 4 is 17.7 Å². The summed E-state index contributed by atoms with van der Waals surface area (Å²) in [5.41, 5.74) is -0.492. The monoisotopic (exact) mass is 972 g/mol. The summed E-state index contributed by atoms with van der Waals surface area (Å²) in [5.74, 6) is -1.19. The molecule has 392 valence electrons. The first-order chi connectivity index (χ1) is 32.0. The van der Waals surface area contributed by atoms with E-state index in [4.69, 9.17) is 42.6 Å². The van der Waals surface area contributed by atoms with Gasteiger partial charge in [-0.05, 0) is 57.8 Å². The topological polar surface area (TPSA) is 332 Å². The Bertz CT molecular complexity index is 1320. The van der Waals surface area contributed by atoms with Gasteiger partial charge in [-0.3, -0.25) is 14.4 Å². The first-order valence-corrected chi connectivity index (χ1v) is 23.6. The van der Waals surface area contributed by atoms with Crippen molar-refractivity contribution in [1.82, 2.24) is 16.0 Å². The van der Waals surface area contributed by atoms with E-state index < -0.39 is 116 Å². The molecule has 0 aliphatic carbocycles. The predicted molar refractivity (Wildman–Crippen MR) is 235 cm³/mol. The van der Waals surface area contributed by atoms with E-state index in [9.17, 15) is 55.2 Å². The highest BCUT2D eigenvalue weighted by molar-refractivity contribution is 5.74. The van der Waals surface area contributed by atoms with E-state index in [1.807, 2.05) is 6.92 Å². The van der Waals surface area contributed by atoms with Gasteiger partial charge in [0.2, 0.25) is 17.7 Å². The van der Waals surface area contributed by atoms with Crippen LogP contribution in [-0.4, -0.2) is 224 Å². The summed E-state index contributed by atoms with van der Waals surface area (Å²) in [6.07, 6.45) is -5.69. The van der Waals surface area contributed by atoms with Gasteiger partial charge in [0.1, 0.15) is 54.7 Å². The first kappa shape index (κ1) is 59.0. The number of aliphatic hydroxyl groups is 8. The molecule has 0 saturated carbocycles. The highest BCUT2D eigenvalue weighted by Crippen LogP contribution is 2.26. The molecule has 3 amide bonds. The largest absolute Gasteiger partial charge is 0.394 e. The highest BCUT2D eigenvalue weighted by Gasteiger charge is 2.46. The number of unbranched alkanes of at least 4 members (excludes halogenated alkanes) is 6. The number of carbonyl (C=O) groups is 3. The number of ether oxygens (including phenoxy) is 9. The van der Waals surface area contributed by atoms with Crippen molar-refractivity contribution in [2.75, 3.05) is 79.3 Å². The van der Waals surface area contributed by atoms with Crippen LogP contribution in [0.5, 0.6) is 0 Å². The highest BCUT2D eigenvalue weighted by atomic mass is 16.7. The van der Waals surface area contributed by atoms with Gasteiger partial charge in [0.15, 0.2) is 18.9 Å². The Morgan fingerprint density at radius 1 is 0.493 bits per heavy atom. The van der Waals surface area contributed by atoms with Gasteiger partial charge in [0.25, 0.3) is 0 Å². The molecule has 0 aromatic carbocycles. The average molecular weight is 972 g/mol. The number of hydrogen-bond acceptors (Lipinski definition) is 20. The Hall–Kier alpha value is -2.27. The maximum Gasteiger partial charge on any atom is 0.217 e. The molecule has 67 heavy (non-hydrogen) atoms. The molecular weight excluding hydrogens is 890 g/mol. The summed E-state index contributed by atoms with van der Waals surface area (Å²) in [6, 6.07) is -2.75. The van der Waals surface area contributed by atoms with Gasteiger partial charge in [0.05, 0.1) is 51.8 Å². The van der Waals surface area contributed by atoms with Crippen molar-refractivity contribution in [3.8, 4) is 0 Å². The van der Waals surface area contributed by atoms with Crippen LogP contribution >= 0.6 is 0 Å². The van der Waals surface area contributed by atoms with Crippen LogP contribution in [0.4, 0.5) is 0 Å². The maximum atomic E-state index is 11.7. The Balaban J connectivity index is 1.41. The maximum absolute atomic E-state index is 11.7. The molecule has 3 saturated heterocycles. The molecular formula is C44H81N3O20. The minimum Gasteiger partial charge on any atom is -0.394 e. The van der Waals surface area contributed by atoms with E-state index in [2.05, 4.69) is 16.0 Å². The molecule has 15 atom stereocenters. The second kappa shape index (κ2) is 31.9. The van der Waals surface area contributed by atoms with Crippen molar-refractivity contribution in [3.63, 3.8) is 0 Å². The average Bonchev–Trinajstić information content (AvgIpc) is 3.28. The fourth-order valence-corrected chi connectivity index (χ4v) is 7.94. The van der Waals surface area contributed by atoms with Gasteiger partial charge in [-0.2, -0.15) is 0 Å². The van der Waals surface area contributed by atoms with Crippen molar-refractivity contribution in [3.05, 3.63) is 0 Å². The fourth-order valence-electron chi connectivity index (χ4n) is 7.94. The number of carbonyl (C=O) groups excluding carboxylic acids is 3. The first-order valence-electron chi connectivity index (χ1n) is 23.6. The third kappa shape index (κ3) is 20.9. The summed E-state index contributed by atoms with van der Waals surface area (Å²) < 4.78 is 52.8. The Kier molecular flexibility index (Phi) is 28.1. The zero-order valence-corrected chi connectivity index (χ0v) is 39.6. The van der Waals surface area contributed by atoms with E-state index in [0.29, 0.717) is 78.4 Å². The van der Waals surface area contributed by atoms with Crippen LogP contribution in [0.25, 0.3) is 0 Å². The summed E-state index contributed by atoms with van der Waals surface area (Å²) in [4.78, 5) is 35.1. The normalized spacial score (nSPS) is 32.1. The molecule has 3 aliphatic heterocycles. The molecule has 3 fully saturated rings. The molecule has 0 radical (unpaired) electrons. The van der Waals surface area contributed by atoms with Crippen LogP contribution in [0.15, 0.2) is 0 Å². The molecule has 0 spiro atoms. The Morgan fingerprint density at radius 3 is 1.18 bits per heavy atom. The lowest BCUT2D eigenvalue weighted by Crippen LogP contribution is -2.64. The van der Waals surface area contributed by atoms with Crippen LogP contribution in [0.1, 0.15) is 91.9 Å². The zero-order chi connectivity index (χ0) is 49.4. The van der Waals surface area contributed by atoms with Gasteiger partial charge in [0, 0.05) is 72.2 Å². The van der Waals surface area contributed by atoms with Gasteiger partial charge in [-0.1, -0.05) is 6.92 Å². The standard InChI is InChI=1S/C44H81N3O20/c1-27(51)45-34-31(54)20-30(21-48)65-41(34)62-17-11-5-8-14-59-24-44(4,25-60-15-9-6-12-18-63-42-35(46-28(2)52)39(57)37(55)32(22-49)66-42)26-61-16-10-7-13-19-64-43-36(47-29(3)53)40(58)38(56)33(23-50)67-43/h30-43,48-50,54-58H,5-26H2,1-4H3,(H,45,51)(H,46,52)(H,47,53)/t30?,31?,32?,33?,34-,35-,36?,37-,38-,39?,40?,41+,42+,43+,44?/m0/s1. The molecule has 3 rings (SSSR count). The van der Waals surface area contributed by atoms with Crippen LogP contribution in [0, 0.1) is 5.41 Å². The quantitative estimate of drug-likeness (QED) is 0.0302. The molecule has 23 nitrogen and oxygen atoms in total. The summed E-state index contributed by atoms with van der Waals surface area (Å²) >= 11 is 0. The molecule has 11 N–H and O–H groups in total. The van der Waals surface area contributed by atoms with E-state index in [1.165, 1.54) is 20.8 Å². The summed E-state index contributed by atoms with van der Waals surface area (Å²) in [5, 5.41) is 88.3. The van der Waals surface area contributed by atoms with Gasteiger partial charge < -0.3 is 99.4 Å². The molecule has 8 unspecified atom stereocenters. The Morgan fingerprint density at radius 2 is 0.836 bits per heavy atom. The van der Waals surface area contributed by atoms with Crippen molar-refractivity contribution in [2.45, 2.75) is 178 Å². The van der Waals surface area contributed by atoms with Gasteiger partial charge >= 0.3 is 0 Å². The second-order valence-electron chi connectivity index (χ2n) is 18.0. The Labute approximate surface area is 393 Å². The lowest BCUT2D eigenvalue weighted by Gasteiger charge is -2.42. The van der Waals surface area contributed by atoms with Crippen molar-refractivity contribution in [1.29, 1.82) is 0 Å². The number of aliphatic hydroxyl groups excluding tert-OH is 8. The number of rotatable bonds is 33. The van der Waals surface area contributed by atoms with Crippen LogP contribution < -0.4 is 16.0 Å². The van der Waals surface area contributed by atoms with Crippen LogP contribution in [-0.2, 0) is 57.0 Å². The van der Waals surface area contributed by atoms with E-state index in [0.717, 1.165) is 25.7 Å². The van der Waals surface area contributed by atoms with Crippen molar-refractivity contribution in [2.24, 2.45) is 5.41 Å². The zero-order valence-electron chi connectivity index (χ0n) is 39.6. The van der Waals surface area contributed by atoms with Crippen molar-refractivity contribution < 1.29 is 97.9 Å². The van der Waals surface area contributed by atoms with Gasteiger partial charge in [-0.25, -0.2) is 0 Å².